The molecular formula is C15H18N2O2. The summed E-state index contributed by atoms with van der Waals surface area (Å²) in [6.45, 7) is 2.57. The molecule has 1 unspecified atom stereocenters. The topological polar surface area (TPSA) is 56.3 Å². The third kappa shape index (κ3) is 2.69. The van der Waals surface area contributed by atoms with E-state index in [4.69, 9.17) is 0 Å². The van der Waals surface area contributed by atoms with Crippen molar-refractivity contribution in [2.45, 2.75) is 18.9 Å². The lowest BCUT2D eigenvalue weighted by atomic mass is 10.1. The predicted octanol–water partition coefficient (Wildman–Crippen LogP) is 1.14. The molecule has 1 fully saturated rings. The van der Waals surface area contributed by atoms with E-state index in [0.29, 0.717) is 0 Å². The van der Waals surface area contributed by atoms with Crippen LogP contribution in [-0.2, 0) is 6.42 Å². The number of aromatic amines is 1. The summed E-state index contributed by atoms with van der Waals surface area (Å²) in [7, 11) is 0. The number of H-pyrrole nitrogens is 1. The van der Waals surface area contributed by atoms with Crippen molar-refractivity contribution in [2.75, 3.05) is 19.6 Å². The van der Waals surface area contributed by atoms with Gasteiger partial charge in [0, 0.05) is 37.1 Å². The van der Waals surface area contributed by atoms with Crippen LogP contribution in [0.2, 0.25) is 0 Å². The van der Waals surface area contributed by atoms with Gasteiger partial charge in [-0.05, 0) is 23.9 Å². The highest BCUT2D eigenvalue weighted by Crippen LogP contribution is 2.12. The third-order valence-corrected chi connectivity index (χ3v) is 3.75. The summed E-state index contributed by atoms with van der Waals surface area (Å²) in [5.74, 6) is 0. The van der Waals surface area contributed by atoms with Crippen LogP contribution in [0.3, 0.4) is 0 Å². The first kappa shape index (κ1) is 12.4. The van der Waals surface area contributed by atoms with Gasteiger partial charge in [-0.1, -0.05) is 18.2 Å². The van der Waals surface area contributed by atoms with Gasteiger partial charge in [0.2, 0.25) is 0 Å². The highest BCUT2D eigenvalue weighted by Gasteiger charge is 2.19. The van der Waals surface area contributed by atoms with Crippen molar-refractivity contribution in [3.8, 4) is 0 Å². The SMILES string of the molecule is O=c1[nH]c(CCN2CCC(O)C2)cc2ccccc12. The van der Waals surface area contributed by atoms with Crippen LogP contribution in [0, 0.1) is 0 Å². The number of nitrogens with zero attached hydrogens (tertiary/aromatic N) is 1. The van der Waals surface area contributed by atoms with Gasteiger partial charge in [0.25, 0.3) is 5.56 Å². The number of hydrogen-bond acceptors (Lipinski definition) is 3. The Morgan fingerprint density at radius 1 is 1.37 bits per heavy atom. The molecule has 0 aliphatic carbocycles. The van der Waals surface area contributed by atoms with Gasteiger partial charge in [-0.25, -0.2) is 0 Å². The Balaban J connectivity index is 1.76. The molecule has 19 heavy (non-hydrogen) atoms. The summed E-state index contributed by atoms with van der Waals surface area (Å²) in [5, 5.41) is 11.2. The van der Waals surface area contributed by atoms with Gasteiger partial charge in [-0.3, -0.25) is 4.79 Å². The molecule has 1 saturated heterocycles. The number of aliphatic hydroxyl groups excluding tert-OH is 1. The Kier molecular flexibility index (Phi) is 3.36. The van der Waals surface area contributed by atoms with E-state index in [9.17, 15) is 9.90 Å². The molecular weight excluding hydrogens is 240 g/mol. The molecule has 1 aromatic heterocycles. The van der Waals surface area contributed by atoms with Crippen LogP contribution in [0.5, 0.6) is 0 Å². The zero-order chi connectivity index (χ0) is 13.2. The van der Waals surface area contributed by atoms with Gasteiger partial charge >= 0.3 is 0 Å². The minimum atomic E-state index is -0.185. The van der Waals surface area contributed by atoms with Crippen LogP contribution in [-0.4, -0.2) is 40.7 Å². The lowest BCUT2D eigenvalue weighted by molar-refractivity contribution is 0.176. The lowest BCUT2D eigenvalue weighted by Gasteiger charge is -2.14. The molecule has 0 bridgehead atoms. The second-order valence-electron chi connectivity index (χ2n) is 5.20. The fraction of sp³-hybridized carbons (Fsp3) is 0.400. The molecule has 100 valence electrons. The van der Waals surface area contributed by atoms with Crippen molar-refractivity contribution in [3.05, 3.63) is 46.4 Å². The van der Waals surface area contributed by atoms with E-state index in [0.717, 1.165) is 48.9 Å². The molecule has 2 heterocycles. The minimum Gasteiger partial charge on any atom is -0.392 e. The van der Waals surface area contributed by atoms with Crippen LogP contribution < -0.4 is 5.56 Å². The Bertz CT molecular complexity index is 635. The minimum absolute atomic E-state index is 0.0189. The molecule has 1 aliphatic heterocycles. The first-order chi connectivity index (χ1) is 9.22. The normalized spacial score (nSPS) is 20.2. The highest BCUT2D eigenvalue weighted by atomic mass is 16.3. The number of benzene rings is 1. The van der Waals surface area contributed by atoms with Crippen LogP contribution in [0.1, 0.15) is 12.1 Å². The van der Waals surface area contributed by atoms with Crippen molar-refractivity contribution >= 4 is 10.8 Å². The van der Waals surface area contributed by atoms with Crippen molar-refractivity contribution in [1.82, 2.24) is 9.88 Å². The number of pyridine rings is 1. The third-order valence-electron chi connectivity index (χ3n) is 3.75. The summed E-state index contributed by atoms with van der Waals surface area (Å²) < 4.78 is 0. The van der Waals surface area contributed by atoms with Crippen molar-refractivity contribution in [2.24, 2.45) is 0 Å². The molecule has 4 heteroatoms. The maximum absolute atomic E-state index is 11.9. The van der Waals surface area contributed by atoms with E-state index >= 15 is 0 Å². The van der Waals surface area contributed by atoms with Crippen LogP contribution in [0.4, 0.5) is 0 Å². The zero-order valence-electron chi connectivity index (χ0n) is 10.8. The summed E-state index contributed by atoms with van der Waals surface area (Å²) in [5.41, 5.74) is 0.944. The van der Waals surface area contributed by atoms with Gasteiger partial charge in [-0.15, -0.1) is 0 Å². The maximum atomic E-state index is 11.9. The fourth-order valence-electron chi connectivity index (χ4n) is 2.70. The maximum Gasteiger partial charge on any atom is 0.256 e. The molecule has 1 aromatic carbocycles. The van der Waals surface area contributed by atoms with Gasteiger partial charge < -0.3 is 15.0 Å². The van der Waals surface area contributed by atoms with E-state index in [1.54, 1.807) is 0 Å². The number of hydrogen-bond donors (Lipinski definition) is 2. The van der Waals surface area contributed by atoms with Crippen molar-refractivity contribution < 1.29 is 5.11 Å². The van der Waals surface area contributed by atoms with Gasteiger partial charge in [0.1, 0.15) is 0 Å². The number of aliphatic hydroxyl groups is 1. The van der Waals surface area contributed by atoms with Crippen LogP contribution in [0.15, 0.2) is 35.1 Å². The quantitative estimate of drug-likeness (QED) is 0.868. The summed E-state index contributed by atoms with van der Waals surface area (Å²) in [4.78, 5) is 17.1. The van der Waals surface area contributed by atoms with Crippen molar-refractivity contribution in [3.63, 3.8) is 0 Å². The second kappa shape index (κ2) is 5.15. The van der Waals surface area contributed by atoms with E-state index in [2.05, 4.69) is 9.88 Å². The Morgan fingerprint density at radius 2 is 2.21 bits per heavy atom. The molecule has 4 nitrogen and oxygen atoms in total. The van der Waals surface area contributed by atoms with E-state index in [1.807, 2.05) is 30.3 Å². The monoisotopic (exact) mass is 258 g/mol. The first-order valence-corrected chi connectivity index (χ1v) is 6.74. The molecule has 0 radical (unpaired) electrons. The van der Waals surface area contributed by atoms with Crippen LogP contribution in [0.25, 0.3) is 10.8 Å². The second-order valence-corrected chi connectivity index (χ2v) is 5.20. The van der Waals surface area contributed by atoms with Gasteiger partial charge in [0.15, 0.2) is 0 Å². The molecule has 0 spiro atoms. The summed E-state index contributed by atoms with van der Waals surface area (Å²) in [6.07, 6.45) is 1.48. The number of rotatable bonds is 3. The fourth-order valence-corrected chi connectivity index (χ4v) is 2.70. The molecule has 1 aliphatic rings. The standard InChI is InChI=1S/C15H18N2O2/c18-13-6-8-17(10-13)7-5-12-9-11-3-1-2-4-14(11)15(19)16-12/h1-4,9,13,18H,5-8,10H2,(H,16,19). The average Bonchev–Trinajstić information content (AvgIpc) is 2.82. The first-order valence-electron chi connectivity index (χ1n) is 6.74. The molecule has 2 N–H and O–H groups in total. The smallest absolute Gasteiger partial charge is 0.256 e. The predicted molar refractivity (Wildman–Crippen MR) is 75.3 cm³/mol. The number of fused-ring (bicyclic) bond motifs is 1. The highest BCUT2D eigenvalue weighted by molar-refractivity contribution is 5.81. The van der Waals surface area contributed by atoms with Gasteiger partial charge in [0.05, 0.1) is 6.10 Å². The van der Waals surface area contributed by atoms with Gasteiger partial charge in [-0.2, -0.15) is 0 Å². The van der Waals surface area contributed by atoms with Crippen LogP contribution >= 0.6 is 0 Å². The van der Waals surface area contributed by atoms with E-state index in [1.165, 1.54) is 0 Å². The Hall–Kier alpha value is -1.65. The lowest BCUT2D eigenvalue weighted by Crippen LogP contribution is -2.25. The van der Waals surface area contributed by atoms with Crippen molar-refractivity contribution in [1.29, 1.82) is 0 Å². The zero-order valence-corrected chi connectivity index (χ0v) is 10.8. The molecule has 1 atom stereocenters. The average molecular weight is 258 g/mol. The number of nitrogens with one attached hydrogen (secondary N) is 1. The van der Waals surface area contributed by atoms with E-state index < -0.39 is 0 Å². The number of likely N-dealkylation sites (tertiary alicyclic amines) is 1. The number of β-amino-alcohol motifs (C(OH)–C–C–N with tert-alkyl or cyclic N) is 1. The summed E-state index contributed by atoms with van der Waals surface area (Å²) in [6, 6.07) is 9.68. The largest absolute Gasteiger partial charge is 0.392 e. The Labute approximate surface area is 111 Å². The van der Waals surface area contributed by atoms with E-state index in [-0.39, 0.29) is 11.7 Å². The number of aromatic nitrogens is 1. The Morgan fingerprint density at radius 3 is 3.00 bits per heavy atom. The molecule has 0 saturated carbocycles. The molecule has 3 rings (SSSR count). The molecule has 0 amide bonds. The molecule has 2 aromatic rings. The summed E-state index contributed by atoms with van der Waals surface area (Å²) >= 11 is 0.